The van der Waals surface area contributed by atoms with E-state index in [9.17, 15) is 4.79 Å². The number of carbonyl (C=O) groups is 1. The second-order valence-electron chi connectivity index (χ2n) is 4.98. The summed E-state index contributed by atoms with van der Waals surface area (Å²) in [4.78, 5) is 11.1. The van der Waals surface area contributed by atoms with E-state index in [0.717, 1.165) is 5.56 Å². The van der Waals surface area contributed by atoms with Gasteiger partial charge in [-0.3, -0.25) is 0 Å². The molecule has 104 valence electrons. The van der Waals surface area contributed by atoms with Crippen LogP contribution in [-0.4, -0.2) is 11.1 Å². The lowest BCUT2D eigenvalue weighted by molar-refractivity contribution is 0.0695. The van der Waals surface area contributed by atoms with Gasteiger partial charge in [0, 0.05) is 12.6 Å². The molecule has 0 saturated heterocycles. The molecule has 0 aliphatic rings. The summed E-state index contributed by atoms with van der Waals surface area (Å²) in [7, 11) is 0. The van der Waals surface area contributed by atoms with Crippen molar-refractivity contribution in [2.45, 2.75) is 26.4 Å². The Morgan fingerprint density at radius 1 is 1.15 bits per heavy atom. The molecule has 0 bridgehead atoms. The Kier molecular flexibility index (Phi) is 4.53. The van der Waals surface area contributed by atoms with Gasteiger partial charge in [0.15, 0.2) is 0 Å². The van der Waals surface area contributed by atoms with Crippen molar-refractivity contribution in [2.24, 2.45) is 0 Å². The number of benzene rings is 2. The van der Waals surface area contributed by atoms with Crippen molar-refractivity contribution in [3.05, 3.63) is 70.8 Å². The fourth-order valence-corrected chi connectivity index (χ4v) is 2.12. The van der Waals surface area contributed by atoms with Crippen molar-refractivity contribution < 1.29 is 9.90 Å². The third-order valence-corrected chi connectivity index (χ3v) is 3.42. The van der Waals surface area contributed by atoms with Gasteiger partial charge in [-0.15, -0.1) is 0 Å². The van der Waals surface area contributed by atoms with Crippen molar-refractivity contribution in [1.82, 2.24) is 5.32 Å². The third-order valence-electron chi connectivity index (χ3n) is 3.42. The first-order valence-electron chi connectivity index (χ1n) is 6.69. The van der Waals surface area contributed by atoms with Crippen LogP contribution in [0.25, 0.3) is 0 Å². The van der Waals surface area contributed by atoms with Gasteiger partial charge >= 0.3 is 5.97 Å². The molecule has 0 aliphatic heterocycles. The molecule has 1 atom stereocenters. The van der Waals surface area contributed by atoms with Gasteiger partial charge in [0.05, 0.1) is 5.56 Å². The Balaban J connectivity index is 2.05. The lowest BCUT2D eigenvalue weighted by Crippen LogP contribution is -2.19. The van der Waals surface area contributed by atoms with Crippen molar-refractivity contribution in [2.75, 3.05) is 0 Å². The van der Waals surface area contributed by atoms with E-state index >= 15 is 0 Å². The highest BCUT2D eigenvalue weighted by Gasteiger charge is 2.10. The van der Waals surface area contributed by atoms with Gasteiger partial charge in [0.1, 0.15) is 0 Å². The molecule has 3 heteroatoms. The van der Waals surface area contributed by atoms with Crippen molar-refractivity contribution in [1.29, 1.82) is 0 Å². The van der Waals surface area contributed by atoms with E-state index in [1.54, 1.807) is 12.1 Å². The number of hydrogen-bond acceptors (Lipinski definition) is 2. The third kappa shape index (κ3) is 3.45. The number of rotatable bonds is 5. The summed E-state index contributed by atoms with van der Waals surface area (Å²) in [5, 5.41) is 12.5. The Morgan fingerprint density at radius 2 is 1.80 bits per heavy atom. The van der Waals surface area contributed by atoms with Crippen LogP contribution in [0.2, 0.25) is 0 Å². The molecule has 0 fully saturated rings. The van der Waals surface area contributed by atoms with Crippen LogP contribution >= 0.6 is 0 Å². The number of aromatic carboxylic acids is 1. The number of carboxylic acids is 1. The molecule has 20 heavy (non-hydrogen) atoms. The number of aryl methyl sites for hydroxylation is 1. The molecule has 0 amide bonds. The van der Waals surface area contributed by atoms with Gasteiger partial charge < -0.3 is 10.4 Å². The zero-order chi connectivity index (χ0) is 14.5. The summed E-state index contributed by atoms with van der Waals surface area (Å²) in [6, 6.07) is 15.6. The molecule has 0 spiro atoms. The average molecular weight is 269 g/mol. The van der Waals surface area contributed by atoms with Crippen molar-refractivity contribution in [3.63, 3.8) is 0 Å². The first kappa shape index (κ1) is 14.3. The van der Waals surface area contributed by atoms with Crippen LogP contribution in [0, 0.1) is 6.92 Å². The van der Waals surface area contributed by atoms with E-state index in [0.29, 0.717) is 12.1 Å². The Labute approximate surface area is 119 Å². The highest BCUT2D eigenvalue weighted by molar-refractivity contribution is 5.89. The summed E-state index contributed by atoms with van der Waals surface area (Å²) < 4.78 is 0. The normalized spacial score (nSPS) is 12.1. The summed E-state index contributed by atoms with van der Waals surface area (Å²) in [5.41, 5.74) is 3.59. The predicted molar refractivity (Wildman–Crippen MR) is 79.8 cm³/mol. The molecule has 0 aromatic heterocycles. The minimum absolute atomic E-state index is 0.178. The van der Waals surface area contributed by atoms with Crippen LogP contribution in [0.3, 0.4) is 0 Å². The zero-order valence-corrected chi connectivity index (χ0v) is 11.8. The van der Waals surface area contributed by atoms with Gasteiger partial charge in [0.2, 0.25) is 0 Å². The molecular formula is C17H19NO2. The van der Waals surface area contributed by atoms with Crippen LogP contribution in [0.4, 0.5) is 0 Å². The molecule has 3 nitrogen and oxygen atoms in total. The molecule has 2 aromatic rings. The highest BCUT2D eigenvalue weighted by atomic mass is 16.4. The van der Waals surface area contributed by atoms with Crippen LogP contribution in [-0.2, 0) is 6.54 Å². The monoisotopic (exact) mass is 269 g/mol. The second kappa shape index (κ2) is 6.35. The standard InChI is InChI=1S/C17H19NO2/c1-12-7-9-14(10-8-12)13(2)18-11-15-5-3-4-6-16(15)17(19)20/h3-10,13,18H,11H2,1-2H3,(H,19,20)/t13-/m0/s1. The average Bonchev–Trinajstić information content (AvgIpc) is 2.45. The zero-order valence-electron chi connectivity index (χ0n) is 11.8. The Hall–Kier alpha value is -2.13. The first-order chi connectivity index (χ1) is 9.58. The van der Waals surface area contributed by atoms with Gasteiger partial charge in [-0.25, -0.2) is 4.79 Å². The molecular weight excluding hydrogens is 250 g/mol. The fraction of sp³-hybridized carbons (Fsp3) is 0.235. The first-order valence-corrected chi connectivity index (χ1v) is 6.69. The summed E-state index contributed by atoms with van der Waals surface area (Å²) in [6.45, 7) is 4.68. The quantitative estimate of drug-likeness (QED) is 0.872. The van der Waals surface area contributed by atoms with Crippen LogP contribution in [0.5, 0.6) is 0 Å². The van der Waals surface area contributed by atoms with Crippen molar-refractivity contribution in [3.8, 4) is 0 Å². The Morgan fingerprint density at radius 3 is 2.45 bits per heavy atom. The minimum atomic E-state index is -0.884. The topological polar surface area (TPSA) is 49.3 Å². The van der Waals surface area contributed by atoms with Crippen LogP contribution in [0.1, 0.15) is 40.0 Å². The van der Waals surface area contributed by atoms with E-state index < -0.39 is 5.97 Å². The lowest BCUT2D eigenvalue weighted by atomic mass is 10.0. The maximum Gasteiger partial charge on any atom is 0.336 e. The van der Waals surface area contributed by atoms with E-state index in [1.807, 2.05) is 12.1 Å². The second-order valence-corrected chi connectivity index (χ2v) is 4.98. The van der Waals surface area contributed by atoms with Crippen LogP contribution < -0.4 is 5.32 Å². The summed E-state index contributed by atoms with van der Waals surface area (Å²) in [6.07, 6.45) is 0. The smallest absolute Gasteiger partial charge is 0.336 e. The highest BCUT2D eigenvalue weighted by Crippen LogP contribution is 2.15. The molecule has 0 saturated carbocycles. The maximum absolute atomic E-state index is 11.1. The molecule has 2 rings (SSSR count). The van der Waals surface area contributed by atoms with Gasteiger partial charge in [-0.1, -0.05) is 48.0 Å². The lowest BCUT2D eigenvalue weighted by Gasteiger charge is -2.15. The molecule has 2 aromatic carbocycles. The Bertz CT molecular complexity index is 590. The van der Waals surface area contributed by atoms with Gasteiger partial charge in [0.25, 0.3) is 0 Å². The van der Waals surface area contributed by atoms with Gasteiger partial charge in [-0.05, 0) is 31.0 Å². The SMILES string of the molecule is Cc1ccc([C@H](C)NCc2ccccc2C(=O)O)cc1. The van der Waals surface area contributed by atoms with Crippen molar-refractivity contribution >= 4 is 5.97 Å². The largest absolute Gasteiger partial charge is 0.478 e. The summed E-state index contributed by atoms with van der Waals surface area (Å²) in [5.74, 6) is -0.884. The van der Waals surface area contributed by atoms with E-state index in [-0.39, 0.29) is 6.04 Å². The number of hydrogen-bond donors (Lipinski definition) is 2. The summed E-state index contributed by atoms with van der Waals surface area (Å²) >= 11 is 0. The molecule has 0 aliphatic carbocycles. The predicted octanol–water partition coefficient (Wildman–Crippen LogP) is 3.54. The molecule has 2 N–H and O–H groups in total. The van der Waals surface area contributed by atoms with E-state index in [2.05, 4.69) is 43.4 Å². The van der Waals surface area contributed by atoms with Gasteiger partial charge in [-0.2, -0.15) is 0 Å². The molecule has 0 unspecified atom stereocenters. The molecule has 0 heterocycles. The number of nitrogens with one attached hydrogen (secondary N) is 1. The van der Waals surface area contributed by atoms with Crippen LogP contribution in [0.15, 0.2) is 48.5 Å². The van der Waals surface area contributed by atoms with E-state index in [4.69, 9.17) is 5.11 Å². The van der Waals surface area contributed by atoms with E-state index in [1.165, 1.54) is 11.1 Å². The minimum Gasteiger partial charge on any atom is -0.478 e. The maximum atomic E-state index is 11.1. The molecule has 0 radical (unpaired) electrons. The number of carboxylic acid groups (broad SMARTS) is 1. The fourth-order valence-electron chi connectivity index (χ4n) is 2.12.